The fraction of sp³-hybridized carbons (Fsp3) is 0.467. The van der Waals surface area contributed by atoms with E-state index in [-0.39, 0.29) is 11.7 Å². The molecule has 2 rings (SSSR count). The molecule has 0 bridgehead atoms. The van der Waals surface area contributed by atoms with Crippen LogP contribution in [0.15, 0.2) is 18.2 Å². The second-order valence-corrected chi connectivity index (χ2v) is 4.95. The molecule has 1 N–H and O–H groups in total. The van der Waals surface area contributed by atoms with E-state index in [1.807, 2.05) is 32.0 Å². The molecule has 0 aliphatic carbocycles. The largest absolute Gasteiger partial charge is 0.330 e. The summed E-state index contributed by atoms with van der Waals surface area (Å²) in [7, 11) is 0. The maximum absolute atomic E-state index is 12.4. The first-order valence-corrected chi connectivity index (χ1v) is 7.27. The molecule has 0 spiro atoms. The Labute approximate surface area is 124 Å². The maximum atomic E-state index is 12.4. The van der Waals surface area contributed by atoms with Crippen molar-refractivity contribution in [3.05, 3.63) is 41.2 Å². The van der Waals surface area contributed by atoms with Crippen molar-refractivity contribution in [1.29, 1.82) is 0 Å². The van der Waals surface area contributed by atoms with Crippen LogP contribution in [0.5, 0.6) is 0 Å². The van der Waals surface area contributed by atoms with Gasteiger partial charge in [0.2, 0.25) is 5.82 Å². The lowest BCUT2D eigenvalue weighted by Gasteiger charge is -2.18. The summed E-state index contributed by atoms with van der Waals surface area (Å²) in [5, 5.41) is 6.83. The van der Waals surface area contributed by atoms with E-state index in [1.165, 1.54) is 0 Å². The molecule has 0 aliphatic rings. The third-order valence-corrected chi connectivity index (χ3v) is 3.18. The van der Waals surface area contributed by atoms with Gasteiger partial charge in [0.25, 0.3) is 5.91 Å². The zero-order valence-corrected chi connectivity index (χ0v) is 12.8. The number of nitrogens with zero attached hydrogens (tertiary/aromatic N) is 4. The van der Waals surface area contributed by atoms with E-state index in [9.17, 15) is 4.79 Å². The normalized spacial score (nSPS) is 10.6. The zero-order chi connectivity index (χ0) is 15.2. The fourth-order valence-corrected chi connectivity index (χ4v) is 2.09. The Morgan fingerprint density at radius 3 is 2.76 bits per heavy atom. The predicted octanol–water partition coefficient (Wildman–Crippen LogP) is 2.12. The van der Waals surface area contributed by atoms with Gasteiger partial charge in [0.15, 0.2) is 0 Å². The van der Waals surface area contributed by atoms with Gasteiger partial charge < -0.3 is 4.90 Å². The van der Waals surface area contributed by atoms with Crippen LogP contribution in [0.4, 0.5) is 0 Å². The first kappa shape index (κ1) is 15.2. The molecule has 2 aromatic heterocycles. The number of rotatable bonds is 6. The molecular formula is C15H21N5O. The molecule has 112 valence electrons. The smallest absolute Gasteiger partial charge is 0.293 e. The van der Waals surface area contributed by atoms with Gasteiger partial charge in [0, 0.05) is 18.7 Å². The van der Waals surface area contributed by atoms with E-state index >= 15 is 0 Å². The highest BCUT2D eigenvalue weighted by Gasteiger charge is 2.19. The van der Waals surface area contributed by atoms with Gasteiger partial charge in [-0.3, -0.25) is 14.9 Å². The highest BCUT2D eigenvalue weighted by atomic mass is 16.2. The van der Waals surface area contributed by atoms with Crippen LogP contribution < -0.4 is 0 Å². The molecular weight excluding hydrogens is 266 g/mol. The molecule has 1 amide bonds. The molecule has 6 heteroatoms. The lowest BCUT2D eigenvalue weighted by molar-refractivity contribution is 0.0738. The Balaban J connectivity index is 2.10. The first-order valence-electron chi connectivity index (χ1n) is 7.27. The fourth-order valence-electron chi connectivity index (χ4n) is 2.09. The van der Waals surface area contributed by atoms with Crippen LogP contribution in [0.3, 0.4) is 0 Å². The van der Waals surface area contributed by atoms with Crippen LogP contribution >= 0.6 is 0 Å². The Bertz CT molecular complexity index is 608. The Hall–Kier alpha value is -2.24. The summed E-state index contributed by atoms with van der Waals surface area (Å²) in [5.41, 5.74) is 1.81. The van der Waals surface area contributed by atoms with Crippen LogP contribution in [0.25, 0.3) is 0 Å². The van der Waals surface area contributed by atoms with Crippen molar-refractivity contribution in [3.63, 3.8) is 0 Å². The average Bonchev–Trinajstić information content (AvgIpc) is 2.93. The van der Waals surface area contributed by atoms with Crippen molar-refractivity contribution < 1.29 is 4.79 Å². The molecule has 0 unspecified atom stereocenters. The Kier molecular flexibility index (Phi) is 5.03. The van der Waals surface area contributed by atoms with Gasteiger partial charge in [-0.15, -0.1) is 5.10 Å². The third-order valence-electron chi connectivity index (χ3n) is 3.18. The molecule has 2 aromatic rings. The molecule has 0 atom stereocenters. The average molecular weight is 287 g/mol. The van der Waals surface area contributed by atoms with Gasteiger partial charge in [-0.2, -0.15) is 0 Å². The summed E-state index contributed by atoms with van der Waals surface area (Å²) >= 11 is 0. The van der Waals surface area contributed by atoms with Gasteiger partial charge in [-0.1, -0.05) is 13.0 Å². The molecule has 2 heterocycles. The van der Waals surface area contributed by atoms with E-state index in [0.29, 0.717) is 13.1 Å². The second kappa shape index (κ2) is 6.97. The second-order valence-electron chi connectivity index (χ2n) is 4.95. The Morgan fingerprint density at radius 1 is 1.29 bits per heavy atom. The van der Waals surface area contributed by atoms with Crippen LogP contribution in [0.2, 0.25) is 0 Å². The van der Waals surface area contributed by atoms with Crippen molar-refractivity contribution in [2.24, 2.45) is 0 Å². The zero-order valence-electron chi connectivity index (χ0n) is 12.8. The van der Waals surface area contributed by atoms with Crippen molar-refractivity contribution >= 4 is 5.91 Å². The summed E-state index contributed by atoms with van der Waals surface area (Å²) in [5.74, 6) is 0.818. The van der Waals surface area contributed by atoms with Gasteiger partial charge in [0.1, 0.15) is 5.82 Å². The number of nitrogens with one attached hydrogen (secondary N) is 1. The molecule has 0 radical (unpaired) electrons. The summed E-state index contributed by atoms with van der Waals surface area (Å²) in [4.78, 5) is 22.8. The lowest BCUT2D eigenvalue weighted by atomic mass is 10.3. The number of pyridine rings is 1. The molecule has 21 heavy (non-hydrogen) atoms. The maximum Gasteiger partial charge on any atom is 0.293 e. The minimum atomic E-state index is -0.167. The number of aromatic amines is 1. The van der Waals surface area contributed by atoms with E-state index < -0.39 is 0 Å². The molecule has 0 fully saturated rings. The molecule has 0 aliphatic heterocycles. The van der Waals surface area contributed by atoms with Crippen molar-refractivity contribution in [1.82, 2.24) is 25.1 Å². The van der Waals surface area contributed by atoms with Crippen LogP contribution in [0, 0.1) is 6.92 Å². The van der Waals surface area contributed by atoms with Gasteiger partial charge >= 0.3 is 0 Å². The number of H-pyrrole nitrogens is 1. The number of carbonyl (C=O) groups excluding carboxylic acids is 1. The molecule has 0 saturated heterocycles. The van der Waals surface area contributed by atoms with Gasteiger partial charge in [0.05, 0.1) is 12.2 Å². The van der Waals surface area contributed by atoms with E-state index in [0.717, 1.165) is 30.1 Å². The van der Waals surface area contributed by atoms with E-state index in [2.05, 4.69) is 27.1 Å². The van der Waals surface area contributed by atoms with Crippen molar-refractivity contribution in [2.45, 2.75) is 40.2 Å². The Morgan fingerprint density at radius 2 is 2.10 bits per heavy atom. The lowest BCUT2D eigenvalue weighted by Crippen LogP contribution is -2.31. The van der Waals surface area contributed by atoms with Crippen LogP contribution in [0.1, 0.15) is 48.1 Å². The van der Waals surface area contributed by atoms with Gasteiger partial charge in [-0.05, 0) is 32.4 Å². The minimum Gasteiger partial charge on any atom is -0.330 e. The standard InChI is InChI=1S/C15H21N5O/c1-4-7-13-17-14(19-18-13)15(21)20(5-2)10-12-9-6-8-11(3)16-12/h6,8-9H,4-5,7,10H2,1-3H3,(H,17,18,19). The summed E-state index contributed by atoms with van der Waals surface area (Å²) in [6, 6.07) is 5.81. The van der Waals surface area contributed by atoms with Crippen LogP contribution in [-0.4, -0.2) is 37.5 Å². The van der Waals surface area contributed by atoms with E-state index in [4.69, 9.17) is 0 Å². The third kappa shape index (κ3) is 3.87. The number of aromatic nitrogens is 4. The van der Waals surface area contributed by atoms with E-state index in [1.54, 1.807) is 4.90 Å². The highest BCUT2D eigenvalue weighted by Crippen LogP contribution is 2.07. The first-order chi connectivity index (χ1) is 10.1. The van der Waals surface area contributed by atoms with Crippen molar-refractivity contribution in [2.75, 3.05) is 6.54 Å². The topological polar surface area (TPSA) is 74.8 Å². The number of hydrogen-bond acceptors (Lipinski definition) is 4. The quantitative estimate of drug-likeness (QED) is 0.883. The summed E-state index contributed by atoms with van der Waals surface area (Å²) < 4.78 is 0. The summed E-state index contributed by atoms with van der Waals surface area (Å²) in [6.07, 6.45) is 1.76. The van der Waals surface area contributed by atoms with Gasteiger partial charge in [-0.25, -0.2) is 4.98 Å². The monoisotopic (exact) mass is 287 g/mol. The number of hydrogen-bond donors (Lipinski definition) is 1. The molecule has 0 saturated carbocycles. The predicted molar refractivity (Wildman–Crippen MR) is 79.8 cm³/mol. The molecule has 0 aromatic carbocycles. The SMILES string of the molecule is CCCc1nc(C(=O)N(CC)Cc2cccc(C)n2)n[nH]1. The number of carbonyl (C=O) groups is 1. The number of amides is 1. The van der Waals surface area contributed by atoms with Crippen molar-refractivity contribution in [3.8, 4) is 0 Å². The minimum absolute atomic E-state index is 0.167. The van der Waals surface area contributed by atoms with Crippen LogP contribution in [-0.2, 0) is 13.0 Å². The molecule has 6 nitrogen and oxygen atoms in total. The highest BCUT2D eigenvalue weighted by molar-refractivity contribution is 5.90. The number of aryl methyl sites for hydroxylation is 2. The summed E-state index contributed by atoms with van der Waals surface area (Å²) in [6.45, 7) is 6.99.